The monoisotopic (exact) mass is 254 g/mol. The van der Waals surface area contributed by atoms with E-state index in [9.17, 15) is 9.90 Å². The zero-order valence-corrected chi connectivity index (χ0v) is 10.6. The molecular formula is C16H14O3. The Morgan fingerprint density at radius 1 is 1.16 bits per heavy atom. The van der Waals surface area contributed by atoms with Crippen molar-refractivity contribution in [3.05, 3.63) is 59.2 Å². The lowest BCUT2D eigenvalue weighted by Gasteiger charge is -2.26. The molecule has 0 aromatic heterocycles. The number of Topliss-reactive ketones (excluding diaryl/α,β-unsaturated/α-hetero) is 1. The van der Waals surface area contributed by atoms with E-state index >= 15 is 0 Å². The maximum Gasteiger partial charge on any atom is 0.174 e. The Labute approximate surface area is 111 Å². The second-order valence-corrected chi connectivity index (χ2v) is 4.79. The number of ketones is 1. The van der Waals surface area contributed by atoms with Crippen LogP contribution in [-0.4, -0.2) is 10.9 Å². The summed E-state index contributed by atoms with van der Waals surface area (Å²) in [6.45, 7) is 2.02. The molecule has 0 amide bonds. The van der Waals surface area contributed by atoms with Gasteiger partial charge in [-0.3, -0.25) is 4.79 Å². The standard InChI is InChI=1S/C16H14O3/c1-10-5-7-11(8-6-10)15-9-13(18)16-12(17)3-2-4-14(16)19-15/h2-8,15,17H,9H2,1H3. The van der Waals surface area contributed by atoms with Crippen molar-refractivity contribution in [1.82, 2.24) is 0 Å². The highest BCUT2D eigenvalue weighted by atomic mass is 16.5. The lowest BCUT2D eigenvalue weighted by molar-refractivity contribution is 0.0845. The Morgan fingerprint density at radius 3 is 2.63 bits per heavy atom. The third-order valence-corrected chi connectivity index (χ3v) is 3.37. The van der Waals surface area contributed by atoms with E-state index in [1.165, 1.54) is 11.6 Å². The van der Waals surface area contributed by atoms with Gasteiger partial charge in [0.25, 0.3) is 0 Å². The molecule has 2 aromatic carbocycles. The maximum atomic E-state index is 12.1. The molecule has 1 aliphatic heterocycles. The van der Waals surface area contributed by atoms with Crippen molar-refractivity contribution in [1.29, 1.82) is 0 Å². The summed E-state index contributed by atoms with van der Waals surface area (Å²) < 4.78 is 5.83. The number of fused-ring (bicyclic) bond motifs is 1. The summed E-state index contributed by atoms with van der Waals surface area (Å²) in [6, 6.07) is 12.9. The average Bonchev–Trinajstić information content (AvgIpc) is 2.39. The van der Waals surface area contributed by atoms with Gasteiger partial charge in [0.15, 0.2) is 5.78 Å². The van der Waals surface area contributed by atoms with Crippen molar-refractivity contribution >= 4 is 5.78 Å². The van der Waals surface area contributed by atoms with E-state index in [1.807, 2.05) is 31.2 Å². The van der Waals surface area contributed by atoms with Crippen LogP contribution in [0.15, 0.2) is 42.5 Å². The highest BCUT2D eigenvalue weighted by Gasteiger charge is 2.29. The Kier molecular flexibility index (Phi) is 2.75. The summed E-state index contributed by atoms with van der Waals surface area (Å²) in [5.41, 5.74) is 2.45. The van der Waals surface area contributed by atoms with Crippen molar-refractivity contribution < 1.29 is 14.6 Å². The third kappa shape index (κ3) is 2.08. The predicted molar refractivity (Wildman–Crippen MR) is 71.6 cm³/mol. The van der Waals surface area contributed by atoms with Crippen LogP contribution in [0.25, 0.3) is 0 Å². The molecular weight excluding hydrogens is 240 g/mol. The third-order valence-electron chi connectivity index (χ3n) is 3.37. The summed E-state index contributed by atoms with van der Waals surface area (Å²) in [4.78, 5) is 12.1. The van der Waals surface area contributed by atoms with Gasteiger partial charge in [0.1, 0.15) is 23.2 Å². The van der Waals surface area contributed by atoms with Gasteiger partial charge in [-0.25, -0.2) is 0 Å². The van der Waals surface area contributed by atoms with E-state index in [2.05, 4.69) is 0 Å². The van der Waals surface area contributed by atoms with E-state index < -0.39 is 0 Å². The van der Waals surface area contributed by atoms with Crippen LogP contribution in [-0.2, 0) is 0 Å². The molecule has 1 heterocycles. The van der Waals surface area contributed by atoms with E-state index in [4.69, 9.17) is 4.74 Å². The topological polar surface area (TPSA) is 46.5 Å². The van der Waals surface area contributed by atoms with Gasteiger partial charge in [0.05, 0.1) is 6.42 Å². The van der Waals surface area contributed by atoms with Crippen LogP contribution in [0.5, 0.6) is 11.5 Å². The van der Waals surface area contributed by atoms with Crippen molar-refractivity contribution in [3.63, 3.8) is 0 Å². The van der Waals surface area contributed by atoms with Gasteiger partial charge >= 0.3 is 0 Å². The van der Waals surface area contributed by atoms with E-state index in [0.717, 1.165) is 5.56 Å². The second-order valence-electron chi connectivity index (χ2n) is 4.79. The fourth-order valence-corrected chi connectivity index (χ4v) is 2.33. The summed E-state index contributed by atoms with van der Waals surface area (Å²) in [5.74, 6) is 0.372. The van der Waals surface area contributed by atoms with Crippen LogP contribution in [0, 0.1) is 6.92 Å². The molecule has 1 atom stereocenters. The fourth-order valence-electron chi connectivity index (χ4n) is 2.33. The van der Waals surface area contributed by atoms with E-state index in [1.54, 1.807) is 12.1 Å². The number of carbonyl (C=O) groups excluding carboxylic acids is 1. The normalized spacial score (nSPS) is 17.7. The molecule has 0 aliphatic carbocycles. The predicted octanol–water partition coefficient (Wildman–Crippen LogP) is 3.41. The Morgan fingerprint density at radius 2 is 1.89 bits per heavy atom. The van der Waals surface area contributed by atoms with E-state index in [0.29, 0.717) is 11.3 Å². The highest BCUT2D eigenvalue weighted by Crippen LogP contribution is 2.38. The lowest BCUT2D eigenvalue weighted by Crippen LogP contribution is -2.20. The summed E-state index contributed by atoms with van der Waals surface area (Å²) >= 11 is 0. The minimum atomic E-state index is -0.276. The number of aromatic hydroxyl groups is 1. The summed E-state index contributed by atoms with van der Waals surface area (Å²) in [7, 11) is 0. The molecule has 0 saturated heterocycles. The van der Waals surface area contributed by atoms with Gasteiger partial charge in [-0.05, 0) is 24.6 Å². The number of carbonyl (C=O) groups is 1. The number of aryl methyl sites for hydroxylation is 1. The molecule has 0 spiro atoms. The van der Waals surface area contributed by atoms with Gasteiger partial charge < -0.3 is 9.84 Å². The molecule has 0 radical (unpaired) electrons. The quantitative estimate of drug-likeness (QED) is 0.848. The first-order chi connectivity index (χ1) is 9.15. The molecule has 1 unspecified atom stereocenters. The Hall–Kier alpha value is -2.29. The van der Waals surface area contributed by atoms with Gasteiger partial charge in [-0.15, -0.1) is 0 Å². The van der Waals surface area contributed by atoms with Crippen LogP contribution in [0.4, 0.5) is 0 Å². The minimum absolute atomic E-state index is 0.00939. The number of phenolic OH excluding ortho intramolecular Hbond substituents is 1. The first kappa shape index (κ1) is 11.8. The Balaban J connectivity index is 1.97. The molecule has 3 heteroatoms. The lowest BCUT2D eigenvalue weighted by atomic mass is 9.95. The van der Waals surface area contributed by atoms with Gasteiger partial charge in [-0.1, -0.05) is 35.9 Å². The molecule has 3 rings (SSSR count). The number of benzene rings is 2. The zero-order valence-electron chi connectivity index (χ0n) is 10.6. The van der Waals surface area contributed by atoms with E-state index in [-0.39, 0.29) is 24.1 Å². The molecule has 3 nitrogen and oxygen atoms in total. The molecule has 0 bridgehead atoms. The molecule has 2 aromatic rings. The minimum Gasteiger partial charge on any atom is -0.507 e. The summed E-state index contributed by atoms with van der Waals surface area (Å²) in [5, 5.41) is 9.72. The molecule has 1 N–H and O–H groups in total. The number of rotatable bonds is 1. The van der Waals surface area contributed by atoms with Crippen LogP contribution in [0.1, 0.15) is 34.0 Å². The highest BCUT2D eigenvalue weighted by molar-refractivity contribution is 6.02. The largest absolute Gasteiger partial charge is 0.507 e. The molecule has 1 aliphatic rings. The smallest absolute Gasteiger partial charge is 0.174 e. The number of hydrogen-bond donors (Lipinski definition) is 1. The van der Waals surface area contributed by atoms with Crippen LogP contribution < -0.4 is 4.74 Å². The molecule has 19 heavy (non-hydrogen) atoms. The van der Waals surface area contributed by atoms with Crippen molar-refractivity contribution in [2.75, 3.05) is 0 Å². The number of ether oxygens (including phenoxy) is 1. The molecule has 0 saturated carbocycles. The molecule has 0 fully saturated rings. The van der Waals surface area contributed by atoms with Crippen molar-refractivity contribution in [3.8, 4) is 11.5 Å². The van der Waals surface area contributed by atoms with Gasteiger partial charge in [-0.2, -0.15) is 0 Å². The number of hydrogen-bond acceptors (Lipinski definition) is 3. The van der Waals surface area contributed by atoms with Crippen LogP contribution >= 0.6 is 0 Å². The van der Waals surface area contributed by atoms with Crippen molar-refractivity contribution in [2.45, 2.75) is 19.4 Å². The first-order valence-corrected chi connectivity index (χ1v) is 6.23. The fraction of sp³-hybridized carbons (Fsp3) is 0.188. The maximum absolute atomic E-state index is 12.1. The van der Waals surface area contributed by atoms with Crippen LogP contribution in [0.3, 0.4) is 0 Å². The Bertz CT molecular complexity index is 629. The van der Waals surface area contributed by atoms with Gasteiger partial charge in [0.2, 0.25) is 0 Å². The SMILES string of the molecule is Cc1ccc(C2CC(=O)c3c(O)cccc3O2)cc1. The summed E-state index contributed by atoms with van der Waals surface area (Å²) in [6.07, 6.45) is -0.0180. The average molecular weight is 254 g/mol. The second kappa shape index (κ2) is 4.43. The first-order valence-electron chi connectivity index (χ1n) is 6.23. The molecule has 96 valence electrons. The van der Waals surface area contributed by atoms with Gasteiger partial charge in [0, 0.05) is 0 Å². The zero-order chi connectivity index (χ0) is 13.4. The van der Waals surface area contributed by atoms with Crippen LogP contribution in [0.2, 0.25) is 0 Å². The number of phenols is 1. The van der Waals surface area contributed by atoms with Crippen molar-refractivity contribution in [2.24, 2.45) is 0 Å².